The maximum absolute atomic E-state index is 11.0. The lowest BCUT2D eigenvalue weighted by Crippen LogP contribution is -2.13. The molecule has 0 saturated heterocycles. The quantitative estimate of drug-likeness (QED) is 0.835. The summed E-state index contributed by atoms with van der Waals surface area (Å²) in [6, 6.07) is 3.42. The molecule has 1 amide bonds. The molecule has 2 heterocycles. The van der Waals surface area contributed by atoms with Gasteiger partial charge in [-0.3, -0.25) is 14.5 Å². The van der Waals surface area contributed by atoms with Crippen LogP contribution in [-0.4, -0.2) is 20.7 Å². The molecule has 0 aromatic carbocycles. The molecule has 0 fully saturated rings. The second-order valence-corrected chi connectivity index (χ2v) is 4.03. The zero-order chi connectivity index (χ0) is 13.1. The van der Waals surface area contributed by atoms with Crippen LogP contribution in [0.4, 0.5) is 5.69 Å². The van der Waals surface area contributed by atoms with E-state index in [0.29, 0.717) is 6.54 Å². The number of hydrogen-bond acceptors (Lipinski definition) is 4. The maximum atomic E-state index is 11.0. The van der Waals surface area contributed by atoms with Crippen LogP contribution in [0.2, 0.25) is 0 Å². The monoisotopic (exact) mass is 245 g/mol. The zero-order valence-corrected chi connectivity index (χ0v) is 10.3. The Labute approximate surface area is 105 Å². The van der Waals surface area contributed by atoms with E-state index in [2.05, 4.69) is 15.4 Å². The van der Waals surface area contributed by atoms with Crippen LogP contribution >= 0.6 is 0 Å². The Morgan fingerprint density at radius 2 is 2.33 bits per heavy atom. The molecule has 2 aromatic heterocycles. The molecule has 3 N–H and O–H groups in total. The SMILES string of the molecule is Cc1c(CNc2ccnc(C(N)=O)c2)cnn1C. The van der Waals surface area contributed by atoms with Crippen molar-refractivity contribution in [2.75, 3.05) is 5.32 Å². The summed E-state index contributed by atoms with van der Waals surface area (Å²) in [5, 5.41) is 7.37. The van der Waals surface area contributed by atoms with E-state index in [1.54, 1.807) is 18.3 Å². The molecule has 0 aliphatic rings. The highest BCUT2D eigenvalue weighted by molar-refractivity contribution is 5.91. The van der Waals surface area contributed by atoms with Crippen LogP contribution in [-0.2, 0) is 13.6 Å². The standard InChI is InChI=1S/C12H15N5O/c1-8-9(7-16-17(8)2)6-15-10-3-4-14-11(5-10)12(13)18/h3-5,7H,6H2,1-2H3,(H2,13,18)(H,14,15). The number of pyridine rings is 1. The molecule has 0 atom stereocenters. The van der Waals surface area contributed by atoms with E-state index in [-0.39, 0.29) is 5.69 Å². The molecule has 2 rings (SSSR count). The molecular weight excluding hydrogens is 230 g/mol. The highest BCUT2D eigenvalue weighted by Gasteiger charge is 2.05. The lowest BCUT2D eigenvalue weighted by Gasteiger charge is -2.06. The Hall–Kier alpha value is -2.37. The largest absolute Gasteiger partial charge is 0.381 e. The number of aromatic nitrogens is 3. The number of nitrogens with two attached hydrogens (primary N) is 1. The fourth-order valence-electron chi connectivity index (χ4n) is 1.59. The number of carbonyl (C=O) groups excluding carboxylic acids is 1. The summed E-state index contributed by atoms with van der Waals surface area (Å²) in [7, 11) is 1.90. The van der Waals surface area contributed by atoms with E-state index in [1.807, 2.05) is 24.9 Å². The average Bonchev–Trinajstić information content (AvgIpc) is 2.68. The van der Waals surface area contributed by atoms with Crippen LogP contribution in [0.3, 0.4) is 0 Å². The van der Waals surface area contributed by atoms with Gasteiger partial charge in [0.1, 0.15) is 5.69 Å². The number of aryl methyl sites for hydroxylation is 1. The normalized spacial score (nSPS) is 10.3. The molecule has 0 bridgehead atoms. The number of amides is 1. The van der Waals surface area contributed by atoms with Gasteiger partial charge in [-0.25, -0.2) is 0 Å². The summed E-state index contributed by atoms with van der Waals surface area (Å²) in [6.07, 6.45) is 3.37. The van der Waals surface area contributed by atoms with Crippen molar-refractivity contribution < 1.29 is 4.79 Å². The highest BCUT2D eigenvalue weighted by atomic mass is 16.1. The lowest BCUT2D eigenvalue weighted by molar-refractivity contribution is 0.0995. The number of rotatable bonds is 4. The molecule has 0 saturated carbocycles. The fourth-order valence-corrected chi connectivity index (χ4v) is 1.59. The van der Waals surface area contributed by atoms with Gasteiger partial charge < -0.3 is 11.1 Å². The van der Waals surface area contributed by atoms with Gasteiger partial charge in [0.25, 0.3) is 5.91 Å². The third-order valence-electron chi connectivity index (χ3n) is 2.83. The average molecular weight is 245 g/mol. The van der Waals surface area contributed by atoms with Crippen molar-refractivity contribution in [2.45, 2.75) is 13.5 Å². The van der Waals surface area contributed by atoms with Gasteiger partial charge in [-0.15, -0.1) is 0 Å². The Morgan fingerprint density at radius 3 is 2.94 bits per heavy atom. The van der Waals surface area contributed by atoms with Crippen molar-refractivity contribution in [1.29, 1.82) is 0 Å². The predicted molar refractivity (Wildman–Crippen MR) is 68.0 cm³/mol. The van der Waals surface area contributed by atoms with Crippen LogP contribution < -0.4 is 11.1 Å². The molecule has 6 heteroatoms. The van der Waals surface area contributed by atoms with E-state index < -0.39 is 5.91 Å². The van der Waals surface area contributed by atoms with Gasteiger partial charge in [0.2, 0.25) is 0 Å². The maximum Gasteiger partial charge on any atom is 0.267 e. The summed E-state index contributed by atoms with van der Waals surface area (Å²) in [5.41, 5.74) is 8.44. The molecule has 6 nitrogen and oxygen atoms in total. The van der Waals surface area contributed by atoms with Gasteiger partial charge in [0, 0.05) is 36.7 Å². The minimum Gasteiger partial charge on any atom is -0.381 e. The second-order valence-electron chi connectivity index (χ2n) is 4.03. The van der Waals surface area contributed by atoms with Crippen molar-refractivity contribution in [3.63, 3.8) is 0 Å². The number of primary amides is 1. The number of hydrogen-bond donors (Lipinski definition) is 2. The molecule has 0 aliphatic carbocycles. The third-order valence-corrected chi connectivity index (χ3v) is 2.83. The van der Waals surface area contributed by atoms with Crippen LogP contribution in [0.15, 0.2) is 24.5 Å². The zero-order valence-electron chi connectivity index (χ0n) is 10.3. The highest BCUT2D eigenvalue weighted by Crippen LogP contribution is 2.11. The van der Waals surface area contributed by atoms with Gasteiger partial charge in [-0.2, -0.15) is 5.10 Å². The van der Waals surface area contributed by atoms with E-state index in [4.69, 9.17) is 5.73 Å². The van der Waals surface area contributed by atoms with Crippen molar-refractivity contribution >= 4 is 11.6 Å². The number of nitrogens with zero attached hydrogens (tertiary/aromatic N) is 3. The van der Waals surface area contributed by atoms with Crippen molar-refractivity contribution in [3.05, 3.63) is 41.5 Å². The number of carbonyl (C=O) groups is 1. The van der Waals surface area contributed by atoms with Gasteiger partial charge in [0.05, 0.1) is 6.20 Å². The van der Waals surface area contributed by atoms with E-state index in [9.17, 15) is 4.79 Å². The molecule has 0 spiro atoms. The molecule has 2 aromatic rings. The Morgan fingerprint density at radius 1 is 1.56 bits per heavy atom. The fraction of sp³-hybridized carbons (Fsp3) is 0.250. The summed E-state index contributed by atoms with van der Waals surface area (Å²) >= 11 is 0. The summed E-state index contributed by atoms with van der Waals surface area (Å²) in [5.74, 6) is -0.531. The van der Waals surface area contributed by atoms with Gasteiger partial charge in [0.15, 0.2) is 0 Å². The molecule has 94 valence electrons. The van der Waals surface area contributed by atoms with Crippen molar-refractivity contribution in [3.8, 4) is 0 Å². The predicted octanol–water partition coefficient (Wildman–Crippen LogP) is 0.835. The first kappa shape index (κ1) is 12.1. The van der Waals surface area contributed by atoms with Crippen LogP contribution in [0.5, 0.6) is 0 Å². The molecule has 18 heavy (non-hydrogen) atoms. The van der Waals surface area contributed by atoms with Crippen LogP contribution in [0, 0.1) is 6.92 Å². The Bertz CT molecular complexity index is 576. The van der Waals surface area contributed by atoms with Gasteiger partial charge in [-0.1, -0.05) is 0 Å². The van der Waals surface area contributed by atoms with E-state index in [1.165, 1.54) is 0 Å². The van der Waals surface area contributed by atoms with Crippen LogP contribution in [0.1, 0.15) is 21.7 Å². The van der Waals surface area contributed by atoms with Crippen LogP contribution in [0.25, 0.3) is 0 Å². The molecule has 0 aliphatic heterocycles. The summed E-state index contributed by atoms with van der Waals surface area (Å²) < 4.78 is 1.82. The third kappa shape index (κ3) is 2.48. The smallest absolute Gasteiger partial charge is 0.267 e. The Balaban J connectivity index is 2.08. The number of anilines is 1. The molecule has 0 radical (unpaired) electrons. The Kier molecular flexibility index (Phi) is 3.27. The summed E-state index contributed by atoms with van der Waals surface area (Å²) in [6.45, 7) is 2.65. The molecular formula is C12H15N5O. The molecule has 0 unspecified atom stereocenters. The number of nitrogens with one attached hydrogen (secondary N) is 1. The topological polar surface area (TPSA) is 85.8 Å². The van der Waals surface area contributed by atoms with Gasteiger partial charge >= 0.3 is 0 Å². The van der Waals surface area contributed by atoms with Gasteiger partial charge in [-0.05, 0) is 19.1 Å². The van der Waals surface area contributed by atoms with E-state index >= 15 is 0 Å². The summed E-state index contributed by atoms with van der Waals surface area (Å²) in [4.78, 5) is 14.9. The van der Waals surface area contributed by atoms with E-state index in [0.717, 1.165) is 16.9 Å². The first-order valence-electron chi connectivity index (χ1n) is 5.55. The van der Waals surface area contributed by atoms with Crippen molar-refractivity contribution in [2.24, 2.45) is 12.8 Å². The minimum absolute atomic E-state index is 0.253. The first-order chi connectivity index (χ1) is 8.58. The lowest BCUT2D eigenvalue weighted by atomic mass is 10.2. The van der Waals surface area contributed by atoms with Crippen molar-refractivity contribution in [1.82, 2.24) is 14.8 Å². The first-order valence-corrected chi connectivity index (χ1v) is 5.55. The second kappa shape index (κ2) is 4.87. The minimum atomic E-state index is -0.531.